The third-order valence-corrected chi connectivity index (χ3v) is 2.65. The van der Waals surface area contributed by atoms with E-state index in [1.54, 1.807) is 6.92 Å². The molecule has 1 aromatic carbocycles. The second-order valence-corrected chi connectivity index (χ2v) is 3.89. The van der Waals surface area contributed by atoms with Crippen LogP contribution in [0.1, 0.15) is 24.2 Å². The molecule has 0 fully saturated rings. The molecular formula is C10H13FOS. The molecule has 0 amide bonds. The molecule has 1 atom stereocenters. The number of hydrogen-bond acceptors (Lipinski definition) is 2. The number of halogens is 1. The lowest BCUT2D eigenvalue weighted by atomic mass is 10.1. The molecule has 1 N–H and O–H groups in total. The quantitative estimate of drug-likeness (QED) is 0.741. The van der Waals surface area contributed by atoms with E-state index in [-0.39, 0.29) is 5.82 Å². The molecule has 0 saturated heterocycles. The first-order valence-electron chi connectivity index (χ1n) is 4.08. The van der Waals surface area contributed by atoms with E-state index in [9.17, 15) is 9.50 Å². The van der Waals surface area contributed by atoms with E-state index >= 15 is 0 Å². The Kier molecular flexibility index (Phi) is 3.33. The van der Waals surface area contributed by atoms with Crippen molar-refractivity contribution >= 4 is 11.8 Å². The van der Waals surface area contributed by atoms with Gasteiger partial charge in [-0.25, -0.2) is 4.39 Å². The summed E-state index contributed by atoms with van der Waals surface area (Å²) in [6, 6.07) is 3.33. The summed E-state index contributed by atoms with van der Waals surface area (Å²) in [6.07, 6.45) is 1.13. The van der Waals surface area contributed by atoms with Crippen molar-refractivity contribution in [2.24, 2.45) is 0 Å². The molecule has 0 aliphatic carbocycles. The molecule has 1 unspecified atom stereocenters. The number of thioether (sulfide) groups is 1. The molecule has 3 heteroatoms. The number of rotatable bonds is 2. The zero-order valence-electron chi connectivity index (χ0n) is 7.97. The summed E-state index contributed by atoms with van der Waals surface area (Å²) in [4.78, 5) is 0.813. The summed E-state index contributed by atoms with van der Waals surface area (Å²) >= 11 is 1.45. The van der Waals surface area contributed by atoms with Crippen LogP contribution in [0, 0.1) is 12.7 Å². The summed E-state index contributed by atoms with van der Waals surface area (Å²) < 4.78 is 13.4. The molecule has 0 saturated carbocycles. The Morgan fingerprint density at radius 3 is 2.54 bits per heavy atom. The van der Waals surface area contributed by atoms with Crippen molar-refractivity contribution in [2.75, 3.05) is 6.26 Å². The van der Waals surface area contributed by atoms with Crippen LogP contribution in [-0.2, 0) is 0 Å². The lowest BCUT2D eigenvalue weighted by Gasteiger charge is -2.12. The lowest BCUT2D eigenvalue weighted by Crippen LogP contribution is -1.99. The highest BCUT2D eigenvalue weighted by molar-refractivity contribution is 7.98. The predicted molar refractivity (Wildman–Crippen MR) is 53.6 cm³/mol. The van der Waals surface area contributed by atoms with Crippen LogP contribution in [0.4, 0.5) is 4.39 Å². The number of aliphatic hydroxyl groups excluding tert-OH is 1. The summed E-state index contributed by atoms with van der Waals surface area (Å²) in [7, 11) is 0. The average Bonchev–Trinajstić information content (AvgIpc) is 2.01. The molecule has 13 heavy (non-hydrogen) atoms. The molecule has 0 aromatic heterocycles. The van der Waals surface area contributed by atoms with Gasteiger partial charge in [-0.2, -0.15) is 0 Å². The highest BCUT2D eigenvalue weighted by atomic mass is 32.2. The number of aliphatic hydroxyl groups is 1. The van der Waals surface area contributed by atoms with Gasteiger partial charge in [0.15, 0.2) is 0 Å². The third-order valence-electron chi connectivity index (χ3n) is 1.87. The van der Waals surface area contributed by atoms with Crippen molar-refractivity contribution in [3.63, 3.8) is 0 Å². The molecule has 72 valence electrons. The van der Waals surface area contributed by atoms with Gasteiger partial charge < -0.3 is 5.11 Å². The predicted octanol–water partition coefficient (Wildman–Crippen LogP) is 2.91. The fourth-order valence-corrected chi connectivity index (χ4v) is 2.09. The van der Waals surface area contributed by atoms with Crippen molar-refractivity contribution in [1.29, 1.82) is 0 Å². The largest absolute Gasteiger partial charge is 0.389 e. The average molecular weight is 200 g/mol. The van der Waals surface area contributed by atoms with Gasteiger partial charge in [-0.1, -0.05) is 0 Å². The highest BCUT2D eigenvalue weighted by Crippen LogP contribution is 2.29. The van der Waals surface area contributed by atoms with E-state index < -0.39 is 6.10 Å². The first-order valence-corrected chi connectivity index (χ1v) is 5.31. The maximum atomic E-state index is 13.4. The maximum Gasteiger partial charge on any atom is 0.130 e. The van der Waals surface area contributed by atoms with E-state index in [4.69, 9.17) is 0 Å². The Bertz CT molecular complexity index is 310. The first kappa shape index (κ1) is 10.5. The van der Waals surface area contributed by atoms with E-state index in [0.717, 1.165) is 10.5 Å². The number of aryl methyl sites for hydroxylation is 1. The molecule has 0 bridgehead atoms. The minimum Gasteiger partial charge on any atom is -0.389 e. The van der Waals surface area contributed by atoms with Crippen LogP contribution in [0.5, 0.6) is 0 Å². The molecule has 0 radical (unpaired) electrons. The molecule has 1 aromatic rings. The van der Waals surface area contributed by atoms with Gasteiger partial charge in [0, 0.05) is 10.5 Å². The second kappa shape index (κ2) is 4.11. The first-order chi connectivity index (χ1) is 6.06. The zero-order valence-corrected chi connectivity index (χ0v) is 8.78. The van der Waals surface area contributed by atoms with Crippen LogP contribution in [-0.4, -0.2) is 11.4 Å². The van der Waals surface area contributed by atoms with Crippen LogP contribution in [0.3, 0.4) is 0 Å². The fraction of sp³-hybridized carbons (Fsp3) is 0.400. The van der Waals surface area contributed by atoms with Gasteiger partial charge >= 0.3 is 0 Å². The molecule has 0 spiro atoms. The van der Waals surface area contributed by atoms with Gasteiger partial charge in [-0.15, -0.1) is 11.8 Å². The van der Waals surface area contributed by atoms with Gasteiger partial charge in [0.05, 0.1) is 6.10 Å². The van der Waals surface area contributed by atoms with E-state index in [1.807, 2.05) is 19.2 Å². The maximum absolute atomic E-state index is 13.4. The van der Waals surface area contributed by atoms with Crippen LogP contribution in [0.25, 0.3) is 0 Å². The summed E-state index contributed by atoms with van der Waals surface area (Å²) in [5.41, 5.74) is 1.28. The minimum atomic E-state index is -0.747. The Labute approximate surface area is 82.0 Å². The zero-order chi connectivity index (χ0) is 10.0. The van der Waals surface area contributed by atoms with Crippen molar-refractivity contribution in [2.45, 2.75) is 24.8 Å². The molecule has 0 aliphatic heterocycles. The Morgan fingerprint density at radius 1 is 1.46 bits per heavy atom. The Balaban J connectivity index is 3.30. The summed E-state index contributed by atoms with van der Waals surface area (Å²) in [6.45, 7) is 3.42. The van der Waals surface area contributed by atoms with Crippen LogP contribution in [0.15, 0.2) is 17.0 Å². The molecule has 0 heterocycles. The topological polar surface area (TPSA) is 20.2 Å². The van der Waals surface area contributed by atoms with Gasteiger partial charge in [-0.05, 0) is 37.8 Å². The van der Waals surface area contributed by atoms with E-state index in [0.29, 0.717) is 5.56 Å². The lowest BCUT2D eigenvalue weighted by molar-refractivity contribution is 0.191. The van der Waals surface area contributed by atoms with Gasteiger partial charge in [0.1, 0.15) is 5.82 Å². The van der Waals surface area contributed by atoms with Gasteiger partial charge in [-0.3, -0.25) is 0 Å². The van der Waals surface area contributed by atoms with Crippen molar-refractivity contribution in [1.82, 2.24) is 0 Å². The monoisotopic (exact) mass is 200 g/mol. The highest BCUT2D eigenvalue weighted by Gasteiger charge is 2.13. The fourth-order valence-electron chi connectivity index (χ4n) is 1.30. The van der Waals surface area contributed by atoms with Crippen molar-refractivity contribution in [3.8, 4) is 0 Å². The normalized spacial score (nSPS) is 13.0. The summed E-state index contributed by atoms with van der Waals surface area (Å²) in [5, 5.41) is 9.35. The summed E-state index contributed by atoms with van der Waals surface area (Å²) in [5.74, 6) is -0.320. The van der Waals surface area contributed by atoms with Crippen LogP contribution in [0.2, 0.25) is 0 Å². The van der Waals surface area contributed by atoms with E-state index in [1.165, 1.54) is 17.8 Å². The van der Waals surface area contributed by atoms with Gasteiger partial charge in [0.2, 0.25) is 0 Å². The smallest absolute Gasteiger partial charge is 0.130 e. The minimum absolute atomic E-state index is 0.320. The SMILES string of the molecule is CSc1cc(C)cc(F)c1C(C)O. The molecule has 1 rings (SSSR count). The number of benzene rings is 1. The van der Waals surface area contributed by atoms with Crippen LogP contribution < -0.4 is 0 Å². The van der Waals surface area contributed by atoms with E-state index in [2.05, 4.69) is 0 Å². The Morgan fingerprint density at radius 2 is 2.08 bits per heavy atom. The standard InChI is InChI=1S/C10H13FOS/c1-6-4-8(11)10(7(2)12)9(5-6)13-3/h4-5,7,12H,1-3H3. The third kappa shape index (κ3) is 2.23. The van der Waals surface area contributed by atoms with Crippen LogP contribution >= 0.6 is 11.8 Å². The van der Waals surface area contributed by atoms with Crippen molar-refractivity contribution in [3.05, 3.63) is 29.1 Å². The Hall–Kier alpha value is -0.540. The number of hydrogen-bond donors (Lipinski definition) is 1. The molecule has 1 nitrogen and oxygen atoms in total. The van der Waals surface area contributed by atoms with Gasteiger partial charge in [0.25, 0.3) is 0 Å². The molecule has 0 aliphatic rings. The van der Waals surface area contributed by atoms with Crippen molar-refractivity contribution < 1.29 is 9.50 Å². The second-order valence-electron chi connectivity index (χ2n) is 3.04. The molecular weight excluding hydrogens is 187 g/mol.